The van der Waals surface area contributed by atoms with E-state index in [1.165, 1.54) is 0 Å². The molecule has 3 aromatic rings. The minimum Gasteiger partial charge on any atom is -0.490 e. The van der Waals surface area contributed by atoms with Crippen LogP contribution in [-0.2, 0) is 0 Å². The molecule has 1 aromatic heterocycles. The molecular weight excluding hydrogens is 280 g/mol. The summed E-state index contributed by atoms with van der Waals surface area (Å²) in [5, 5.41) is 6.52. The van der Waals surface area contributed by atoms with E-state index in [0.717, 1.165) is 46.4 Å². The van der Waals surface area contributed by atoms with Crippen molar-refractivity contribution in [3.8, 4) is 27.6 Å². The zero-order chi connectivity index (χ0) is 14.1. The van der Waals surface area contributed by atoms with Crippen LogP contribution in [0.3, 0.4) is 0 Å². The number of hydrogen-bond acceptors (Lipinski definition) is 4. The van der Waals surface area contributed by atoms with Crippen LogP contribution < -0.4 is 10.1 Å². The highest BCUT2D eigenvalue weighted by Crippen LogP contribution is 2.34. The fourth-order valence-electron chi connectivity index (χ4n) is 2.42. The van der Waals surface area contributed by atoms with Gasteiger partial charge in [-0.15, -0.1) is 11.3 Å². The number of hydrogen-bond donors (Lipinski definition) is 1. The Hall–Kier alpha value is -2.33. The molecule has 1 aliphatic heterocycles. The molecule has 0 spiro atoms. The average molecular weight is 294 g/mol. The van der Waals surface area contributed by atoms with Crippen molar-refractivity contribution in [2.45, 2.75) is 0 Å². The molecule has 0 saturated carbocycles. The Labute approximate surface area is 127 Å². The molecule has 2 aromatic carbocycles. The van der Waals surface area contributed by atoms with Crippen molar-refractivity contribution in [3.05, 3.63) is 53.9 Å². The van der Waals surface area contributed by atoms with E-state index in [2.05, 4.69) is 35.0 Å². The second-order valence-corrected chi connectivity index (χ2v) is 5.75. The van der Waals surface area contributed by atoms with Crippen LogP contribution in [0.4, 0.5) is 5.69 Å². The van der Waals surface area contributed by atoms with Crippen LogP contribution in [0.15, 0.2) is 53.9 Å². The fourth-order valence-corrected chi connectivity index (χ4v) is 3.25. The van der Waals surface area contributed by atoms with Gasteiger partial charge >= 0.3 is 0 Å². The molecule has 1 N–H and O–H groups in total. The van der Waals surface area contributed by atoms with Gasteiger partial charge in [-0.1, -0.05) is 30.3 Å². The molecule has 0 bridgehead atoms. The quantitative estimate of drug-likeness (QED) is 0.766. The molecule has 0 aliphatic carbocycles. The first-order valence-corrected chi connectivity index (χ1v) is 7.80. The minimum absolute atomic E-state index is 0.723. The first kappa shape index (κ1) is 12.4. The molecule has 0 saturated heterocycles. The number of rotatable bonds is 2. The monoisotopic (exact) mass is 294 g/mol. The first-order valence-electron chi connectivity index (χ1n) is 6.92. The predicted octanol–water partition coefficient (Wildman–Crippen LogP) is 4.28. The number of thiazole rings is 1. The van der Waals surface area contributed by atoms with Crippen molar-refractivity contribution >= 4 is 17.0 Å². The molecule has 0 atom stereocenters. The van der Waals surface area contributed by atoms with Crippen LogP contribution >= 0.6 is 11.3 Å². The molecule has 1 aliphatic rings. The minimum atomic E-state index is 0.723. The highest BCUT2D eigenvalue weighted by atomic mass is 32.1. The van der Waals surface area contributed by atoms with E-state index in [1.807, 2.05) is 24.3 Å². The van der Waals surface area contributed by atoms with Crippen LogP contribution in [0.1, 0.15) is 0 Å². The Morgan fingerprint density at radius 1 is 1.05 bits per heavy atom. The Bertz CT molecular complexity index is 767. The van der Waals surface area contributed by atoms with Crippen LogP contribution in [0.5, 0.6) is 5.75 Å². The molecule has 0 unspecified atom stereocenters. The number of nitrogens with zero attached hydrogens (tertiary/aromatic N) is 1. The van der Waals surface area contributed by atoms with Gasteiger partial charge in [0.05, 0.1) is 11.4 Å². The molecular formula is C17H14N2OS. The van der Waals surface area contributed by atoms with Crippen molar-refractivity contribution in [1.82, 2.24) is 4.98 Å². The van der Waals surface area contributed by atoms with E-state index < -0.39 is 0 Å². The SMILES string of the molecule is c1ccc(-c2nc(-c3ccc4c(c3)NCCO4)cs2)cc1. The van der Waals surface area contributed by atoms with Gasteiger partial charge in [-0.3, -0.25) is 0 Å². The lowest BCUT2D eigenvalue weighted by atomic mass is 10.1. The zero-order valence-electron chi connectivity index (χ0n) is 11.4. The maximum Gasteiger partial charge on any atom is 0.142 e. The number of fused-ring (bicyclic) bond motifs is 1. The third kappa shape index (κ3) is 2.38. The number of aromatic nitrogens is 1. The summed E-state index contributed by atoms with van der Waals surface area (Å²) in [5.41, 5.74) is 4.33. The fraction of sp³-hybridized carbons (Fsp3) is 0.118. The second kappa shape index (κ2) is 5.22. The largest absolute Gasteiger partial charge is 0.490 e. The lowest BCUT2D eigenvalue weighted by Gasteiger charge is -2.19. The van der Waals surface area contributed by atoms with Crippen molar-refractivity contribution in [2.24, 2.45) is 0 Å². The van der Waals surface area contributed by atoms with Crippen LogP contribution in [0.2, 0.25) is 0 Å². The first-order chi connectivity index (χ1) is 10.4. The van der Waals surface area contributed by atoms with E-state index in [-0.39, 0.29) is 0 Å². The smallest absolute Gasteiger partial charge is 0.142 e. The zero-order valence-corrected chi connectivity index (χ0v) is 12.2. The summed E-state index contributed by atoms with van der Waals surface area (Å²) < 4.78 is 5.61. The van der Waals surface area contributed by atoms with Gasteiger partial charge in [-0.2, -0.15) is 0 Å². The predicted molar refractivity (Wildman–Crippen MR) is 87.0 cm³/mol. The summed E-state index contributed by atoms with van der Waals surface area (Å²) in [4.78, 5) is 4.75. The summed E-state index contributed by atoms with van der Waals surface area (Å²) in [6.45, 7) is 1.57. The standard InChI is InChI=1S/C17H14N2OS/c1-2-4-12(5-3-1)17-19-15(11-21-17)13-6-7-16-14(10-13)18-8-9-20-16/h1-7,10-11,18H,8-9H2. The number of ether oxygens (including phenoxy) is 1. The van der Waals surface area contributed by atoms with Gasteiger partial charge in [-0.25, -0.2) is 4.98 Å². The molecule has 4 heteroatoms. The molecule has 2 heterocycles. The lowest BCUT2D eigenvalue weighted by Crippen LogP contribution is -2.17. The molecule has 21 heavy (non-hydrogen) atoms. The van der Waals surface area contributed by atoms with Crippen LogP contribution in [0, 0.1) is 0 Å². The van der Waals surface area contributed by atoms with Gasteiger partial charge in [0.25, 0.3) is 0 Å². The molecule has 0 radical (unpaired) electrons. The third-order valence-corrected chi connectivity index (χ3v) is 4.37. The Balaban J connectivity index is 1.70. The summed E-state index contributed by atoms with van der Waals surface area (Å²) in [5.74, 6) is 0.920. The van der Waals surface area contributed by atoms with Gasteiger partial charge < -0.3 is 10.1 Å². The summed E-state index contributed by atoms with van der Waals surface area (Å²) in [6, 6.07) is 16.5. The van der Waals surface area contributed by atoms with E-state index in [4.69, 9.17) is 9.72 Å². The maximum atomic E-state index is 5.61. The van der Waals surface area contributed by atoms with Crippen LogP contribution in [-0.4, -0.2) is 18.1 Å². The van der Waals surface area contributed by atoms with Crippen molar-refractivity contribution in [2.75, 3.05) is 18.5 Å². The normalized spacial score (nSPS) is 13.1. The Kier molecular flexibility index (Phi) is 3.09. The molecule has 0 amide bonds. The average Bonchev–Trinajstić information content (AvgIpc) is 3.05. The van der Waals surface area contributed by atoms with Crippen molar-refractivity contribution in [3.63, 3.8) is 0 Å². The number of nitrogens with one attached hydrogen (secondary N) is 1. The van der Waals surface area contributed by atoms with Crippen molar-refractivity contribution < 1.29 is 4.74 Å². The highest BCUT2D eigenvalue weighted by Gasteiger charge is 2.12. The van der Waals surface area contributed by atoms with Crippen LogP contribution in [0.25, 0.3) is 21.8 Å². The van der Waals surface area contributed by atoms with Gasteiger partial charge in [0.15, 0.2) is 0 Å². The van der Waals surface area contributed by atoms with E-state index >= 15 is 0 Å². The number of benzene rings is 2. The second-order valence-electron chi connectivity index (χ2n) is 4.89. The topological polar surface area (TPSA) is 34.2 Å². The highest BCUT2D eigenvalue weighted by molar-refractivity contribution is 7.13. The van der Waals surface area contributed by atoms with Gasteiger partial charge in [0, 0.05) is 23.1 Å². The summed E-state index contributed by atoms with van der Waals surface area (Å²) in [7, 11) is 0. The number of anilines is 1. The summed E-state index contributed by atoms with van der Waals surface area (Å²) in [6.07, 6.45) is 0. The van der Waals surface area contributed by atoms with E-state index in [1.54, 1.807) is 11.3 Å². The Morgan fingerprint density at radius 2 is 1.95 bits per heavy atom. The Morgan fingerprint density at radius 3 is 2.86 bits per heavy atom. The summed E-state index contributed by atoms with van der Waals surface area (Å²) >= 11 is 1.67. The lowest BCUT2D eigenvalue weighted by molar-refractivity contribution is 0.323. The molecule has 104 valence electrons. The van der Waals surface area contributed by atoms with Gasteiger partial charge in [-0.05, 0) is 18.2 Å². The molecule has 3 nitrogen and oxygen atoms in total. The molecule has 4 rings (SSSR count). The maximum absolute atomic E-state index is 5.61. The van der Waals surface area contributed by atoms with E-state index in [0.29, 0.717) is 0 Å². The van der Waals surface area contributed by atoms with E-state index in [9.17, 15) is 0 Å². The third-order valence-electron chi connectivity index (χ3n) is 3.48. The van der Waals surface area contributed by atoms with Gasteiger partial charge in [0.1, 0.15) is 17.4 Å². The molecule has 0 fully saturated rings. The van der Waals surface area contributed by atoms with Gasteiger partial charge in [0.2, 0.25) is 0 Å². The van der Waals surface area contributed by atoms with Crippen molar-refractivity contribution in [1.29, 1.82) is 0 Å².